The molecule has 40 heavy (non-hydrogen) atoms. The third kappa shape index (κ3) is 6.57. The fraction of sp³-hybridized carbons (Fsp3) is 0.429. The maximum absolute atomic E-state index is 13.7. The molecule has 2 N–H and O–H groups in total. The van der Waals surface area contributed by atoms with E-state index in [0.717, 1.165) is 11.3 Å². The van der Waals surface area contributed by atoms with Crippen LogP contribution in [0.1, 0.15) is 29.8 Å². The Bertz CT molecular complexity index is 1430. The molecule has 0 aliphatic carbocycles. The fourth-order valence-electron chi connectivity index (χ4n) is 4.68. The molecule has 4 rings (SSSR count). The number of nitrogens with zero attached hydrogens (tertiary/aromatic N) is 4. The van der Waals surface area contributed by atoms with Gasteiger partial charge in [0.2, 0.25) is 0 Å². The van der Waals surface area contributed by atoms with Crippen molar-refractivity contribution < 1.29 is 27.8 Å². The molecule has 0 saturated heterocycles. The standard InChI is InChI=1S/C28H37N5O6S/c1-19-13-33(20(2)17-34)28(35)23-7-6-8-24(30-40(36,37)26-16-32(4)18-29-26)27(23)39-25(19)15-31(3)14-21-9-11-22(38-5)12-10-21/h6-12,16,18-20,25,30,34H,13-15,17H2,1-5H3/t19-,20-,25-/m1/s1. The molecule has 12 heteroatoms. The van der Waals surface area contributed by atoms with E-state index in [1.165, 1.54) is 17.1 Å². The summed E-state index contributed by atoms with van der Waals surface area (Å²) in [6.07, 6.45) is 2.39. The minimum atomic E-state index is -4.05. The summed E-state index contributed by atoms with van der Waals surface area (Å²) < 4.78 is 42.2. The van der Waals surface area contributed by atoms with E-state index < -0.39 is 22.2 Å². The molecule has 2 heterocycles. The predicted octanol–water partition coefficient (Wildman–Crippen LogP) is 2.58. The summed E-state index contributed by atoms with van der Waals surface area (Å²) in [5.41, 5.74) is 1.46. The maximum Gasteiger partial charge on any atom is 0.281 e. The molecule has 0 spiro atoms. The van der Waals surface area contributed by atoms with Crippen molar-refractivity contribution >= 4 is 21.6 Å². The number of likely N-dealkylation sites (N-methyl/N-ethyl adjacent to an activating group) is 1. The molecule has 0 radical (unpaired) electrons. The molecule has 3 aromatic rings. The number of aryl methyl sites for hydroxylation is 1. The van der Waals surface area contributed by atoms with Gasteiger partial charge in [-0.1, -0.05) is 25.1 Å². The number of imidazole rings is 1. The van der Waals surface area contributed by atoms with E-state index in [1.807, 2.05) is 38.2 Å². The first-order valence-corrected chi connectivity index (χ1v) is 14.5. The van der Waals surface area contributed by atoms with Crippen LogP contribution in [0.25, 0.3) is 0 Å². The second kappa shape index (κ2) is 12.3. The number of rotatable bonds is 10. The van der Waals surface area contributed by atoms with Crippen LogP contribution in [0.3, 0.4) is 0 Å². The zero-order valence-electron chi connectivity index (χ0n) is 23.4. The smallest absolute Gasteiger partial charge is 0.281 e. The Labute approximate surface area is 235 Å². The van der Waals surface area contributed by atoms with Crippen LogP contribution in [0, 0.1) is 5.92 Å². The van der Waals surface area contributed by atoms with Gasteiger partial charge in [-0.3, -0.25) is 14.4 Å². The number of hydrogen-bond donors (Lipinski definition) is 2. The summed E-state index contributed by atoms with van der Waals surface area (Å²) in [5.74, 6) is 0.456. The van der Waals surface area contributed by atoms with Crippen molar-refractivity contribution in [2.24, 2.45) is 13.0 Å². The summed E-state index contributed by atoms with van der Waals surface area (Å²) in [6, 6.07) is 12.2. The molecule has 3 atom stereocenters. The van der Waals surface area contributed by atoms with Gasteiger partial charge in [-0.05, 0) is 43.8 Å². The summed E-state index contributed by atoms with van der Waals surface area (Å²) in [6.45, 7) is 5.08. The van der Waals surface area contributed by atoms with E-state index in [-0.39, 0.29) is 40.5 Å². The Morgan fingerprint density at radius 3 is 2.60 bits per heavy atom. The number of ether oxygens (including phenoxy) is 2. The summed E-state index contributed by atoms with van der Waals surface area (Å²) in [5, 5.41) is 9.76. The highest BCUT2D eigenvalue weighted by atomic mass is 32.2. The second-order valence-electron chi connectivity index (χ2n) is 10.3. The van der Waals surface area contributed by atoms with E-state index in [1.54, 1.807) is 44.2 Å². The van der Waals surface area contributed by atoms with Crippen LogP contribution in [0.15, 0.2) is 60.0 Å². The molecule has 0 unspecified atom stereocenters. The molecule has 0 saturated carbocycles. The maximum atomic E-state index is 13.7. The van der Waals surface area contributed by atoms with Gasteiger partial charge in [-0.25, -0.2) is 4.98 Å². The lowest BCUT2D eigenvalue weighted by Gasteiger charge is -2.38. The first kappa shape index (κ1) is 29.4. The van der Waals surface area contributed by atoms with Gasteiger partial charge in [0, 0.05) is 38.8 Å². The normalized spacial score (nSPS) is 18.5. The van der Waals surface area contributed by atoms with E-state index >= 15 is 0 Å². The van der Waals surface area contributed by atoms with Crippen molar-refractivity contribution in [2.75, 3.05) is 38.6 Å². The summed E-state index contributed by atoms with van der Waals surface area (Å²) >= 11 is 0. The molecule has 0 bridgehead atoms. The minimum Gasteiger partial charge on any atom is -0.497 e. The van der Waals surface area contributed by atoms with Crippen molar-refractivity contribution in [2.45, 2.75) is 37.6 Å². The van der Waals surface area contributed by atoms with Gasteiger partial charge in [0.1, 0.15) is 11.9 Å². The second-order valence-corrected chi connectivity index (χ2v) is 12.0. The lowest BCUT2D eigenvalue weighted by Crippen LogP contribution is -2.49. The monoisotopic (exact) mass is 571 g/mol. The highest BCUT2D eigenvalue weighted by Gasteiger charge is 2.35. The summed E-state index contributed by atoms with van der Waals surface area (Å²) in [4.78, 5) is 21.4. The Balaban J connectivity index is 1.68. The Morgan fingerprint density at radius 2 is 1.98 bits per heavy atom. The number of methoxy groups -OCH3 is 1. The molecule has 1 aliphatic rings. The van der Waals surface area contributed by atoms with Gasteiger partial charge < -0.3 is 24.0 Å². The predicted molar refractivity (Wildman–Crippen MR) is 151 cm³/mol. The van der Waals surface area contributed by atoms with Crippen molar-refractivity contribution in [1.29, 1.82) is 0 Å². The lowest BCUT2D eigenvalue weighted by atomic mass is 9.99. The van der Waals surface area contributed by atoms with Crippen LogP contribution in [0.4, 0.5) is 5.69 Å². The van der Waals surface area contributed by atoms with Gasteiger partial charge in [0.15, 0.2) is 10.8 Å². The van der Waals surface area contributed by atoms with Crippen LogP contribution in [-0.2, 0) is 23.6 Å². The van der Waals surface area contributed by atoms with Crippen LogP contribution in [0.5, 0.6) is 11.5 Å². The molecule has 1 amide bonds. The number of nitrogens with one attached hydrogen (secondary N) is 1. The number of para-hydroxylation sites is 1. The van der Waals surface area contributed by atoms with Crippen molar-refractivity contribution in [1.82, 2.24) is 19.4 Å². The number of amides is 1. The Kier molecular flexibility index (Phi) is 9.02. The van der Waals surface area contributed by atoms with Gasteiger partial charge >= 0.3 is 0 Å². The van der Waals surface area contributed by atoms with Crippen molar-refractivity contribution in [3.05, 3.63) is 66.1 Å². The van der Waals surface area contributed by atoms with Crippen LogP contribution < -0.4 is 14.2 Å². The average Bonchev–Trinajstić information content (AvgIpc) is 3.38. The van der Waals surface area contributed by atoms with Crippen molar-refractivity contribution in [3.8, 4) is 11.5 Å². The number of aliphatic hydroxyl groups excluding tert-OH is 1. The van der Waals surface area contributed by atoms with E-state index in [4.69, 9.17) is 9.47 Å². The average molecular weight is 572 g/mol. The number of aliphatic hydroxyl groups is 1. The number of sulfonamides is 1. The number of aromatic nitrogens is 2. The highest BCUT2D eigenvalue weighted by Crippen LogP contribution is 2.36. The van der Waals surface area contributed by atoms with Crippen molar-refractivity contribution in [3.63, 3.8) is 0 Å². The topological polar surface area (TPSA) is 126 Å². The first-order chi connectivity index (χ1) is 19.0. The number of carbonyl (C=O) groups excluding carboxylic acids is 1. The first-order valence-electron chi connectivity index (χ1n) is 13.1. The number of fused-ring (bicyclic) bond motifs is 1. The molecule has 1 aromatic heterocycles. The molecule has 11 nitrogen and oxygen atoms in total. The van der Waals surface area contributed by atoms with E-state index in [9.17, 15) is 18.3 Å². The lowest BCUT2D eigenvalue weighted by molar-refractivity contribution is 0.0344. The number of carbonyl (C=O) groups is 1. The van der Waals surface area contributed by atoms with Crippen LogP contribution in [-0.4, -0.2) is 84.8 Å². The molecular formula is C28H37N5O6S. The molecule has 2 aromatic carbocycles. The number of hydrogen-bond acceptors (Lipinski definition) is 8. The zero-order valence-corrected chi connectivity index (χ0v) is 24.3. The fourth-order valence-corrected chi connectivity index (χ4v) is 5.73. The van der Waals surface area contributed by atoms with Gasteiger partial charge in [0.05, 0.1) is 37.3 Å². The molecule has 0 fully saturated rings. The highest BCUT2D eigenvalue weighted by molar-refractivity contribution is 7.92. The molecular weight excluding hydrogens is 534 g/mol. The van der Waals surface area contributed by atoms with E-state index in [2.05, 4.69) is 14.6 Å². The van der Waals surface area contributed by atoms with Gasteiger partial charge in [0.25, 0.3) is 15.9 Å². The van der Waals surface area contributed by atoms with Crippen LogP contribution in [0.2, 0.25) is 0 Å². The Morgan fingerprint density at radius 1 is 1.25 bits per heavy atom. The largest absolute Gasteiger partial charge is 0.497 e. The number of benzene rings is 2. The molecule has 1 aliphatic heterocycles. The van der Waals surface area contributed by atoms with Gasteiger partial charge in [-0.15, -0.1) is 0 Å². The zero-order chi connectivity index (χ0) is 29.0. The molecule has 216 valence electrons. The third-order valence-corrected chi connectivity index (χ3v) is 8.25. The minimum absolute atomic E-state index is 0.134. The quantitative estimate of drug-likeness (QED) is 0.380. The summed E-state index contributed by atoms with van der Waals surface area (Å²) in [7, 11) is 1.24. The Hall–Kier alpha value is -3.61. The van der Waals surface area contributed by atoms with E-state index in [0.29, 0.717) is 19.6 Å². The third-order valence-electron chi connectivity index (χ3n) is 7.00. The van der Waals surface area contributed by atoms with Crippen LogP contribution >= 0.6 is 0 Å². The number of anilines is 1. The SMILES string of the molecule is COc1ccc(CN(C)C[C@H]2Oc3c(NS(=O)(=O)c4cn(C)cn4)cccc3C(=O)N([C@H](C)CO)C[C@H]2C)cc1. The van der Waals surface area contributed by atoms with Gasteiger partial charge in [-0.2, -0.15) is 8.42 Å².